The molecule has 1 aliphatic rings. The number of ether oxygens (including phenoxy) is 1. The van der Waals surface area contributed by atoms with E-state index in [9.17, 15) is 0 Å². The molecule has 1 saturated carbocycles. The summed E-state index contributed by atoms with van der Waals surface area (Å²) in [7, 11) is 0. The van der Waals surface area contributed by atoms with Gasteiger partial charge in [-0.25, -0.2) is 4.98 Å². The van der Waals surface area contributed by atoms with E-state index in [1.807, 2.05) is 6.20 Å². The summed E-state index contributed by atoms with van der Waals surface area (Å²) in [6.45, 7) is 2.18. The highest BCUT2D eigenvalue weighted by Gasteiger charge is 2.30. The SMILES string of the molecule is CCCc1ccnc(O[C@H]2C[C@H](NI)C2)c1. The van der Waals surface area contributed by atoms with Gasteiger partial charge < -0.3 is 4.74 Å². The van der Waals surface area contributed by atoms with Gasteiger partial charge in [0, 0.05) is 54.0 Å². The second kappa shape index (κ2) is 5.82. The molecule has 1 N–H and O–H groups in total. The maximum atomic E-state index is 5.81. The van der Waals surface area contributed by atoms with Crippen LogP contribution in [0.15, 0.2) is 18.3 Å². The van der Waals surface area contributed by atoms with Gasteiger partial charge >= 0.3 is 0 Å². The molecule has 0 aromatic carbocycles. The van der Waals surface area contributed by atoms with Crippen molar-refractivity contribution >= 4 is 22.9 Å². The van der Waals surface area contributed by atoms with E-state index in [-0.39, 0.29) is 0 Å². The Hall–Kier alpha value is -0.360. The number of aryl methyl sites for hydroxylation is 1. The molecule has 0 unspecified atom stereocenters. The second-order valence-electron chi connectivity index (χ2n) is 4.27. The molecule has 3 nitrogen and oxygen atoms in total. The van der Waals surface area contributed by atoms with Crippen LogP contribution in [0.4, 0.5) is 0 Å². The van der Waals surface area contributed by atoms with Crippen molar-refractivity contribution in [1.82, 2.24) is 8.51 Å². The summed E-state index contributed by atoms with van der Waals surface area (Å²) in [5, 5.41) is 0. The molecular weight excluding hydrogens is 315 g/mol. The molecule has 0 radical (unpaired) electrons. The number of aromatic nitrogens is 1. The van der Waals surface area contributed by atoms with Crippen LogP contribution in [0.2, 0.25) is 0 Å². The van der Waals surface area contributed by atoms with Gasteiger partial charge in [-0.15, -0.1) is 0 Å². The first-order chi connectivity index (χ1) is 7.81. The number of nitrogens with zero attached hydrogens (tertiary/aromatic N) is 1. The van der Waals surface area contributed by atoms with Crippen LogP contribution in [0.5, 0.6) is 5.88 Å². The third-order valence-electron chi connectivity index (χ3n) is 2.87. The molecule has 16 heavy (non-hydrogen) atoms. The highest BCUT2D eigenvalue weighted by atomic mass is 127. The topological polar surface area (TPSA) is 34.1 Å². The average molecular weight is 332 g/mol. The zero-order valence-electron chi connectivity index (χ0n) is 9.45. The highest BCUT2D eigenvalue weighted by Crippen LogP contribution is 2.25. The van der Waals surface area contributed by atoms with Crippen LogP contribution < -0.4 is 8.27 Å². The predicted molar refractivity (Wildman–Crippen MR) is 72.8 cm³/mol. The quantitative estimate of drug-likeness (QED) is 0.665. The van der Waals surface area contributed by atoms with Crippen molar-refractivity contribution in [2.45, 2.75) is 44.8 Å². The smallest absolute Gasteiger partial charge is 0.213 e. The minimum Gasteiger partial charge on any atom is -0.474 e. The van der Waals surface area contributed by atoms with Crippen LogP contribution in [0, 0.1) is 0 Å². The number of halogens is 1. The van der Waals surface area contributed by atoms with Crippen molar-refractivity contribution < 1.29 is 4.74 Å². The zero-order valence-corrected chi connectivity index (χ0v) is 11.6. The van der Waals surface area contributed by atoms with E-state index in [0.29, 0.717) is 12.1 Å². The molecule has 0 atom stereocenters. The molecule has 0 aliphatic heterocycles. The summed E-state index contributed by atoms with van der Waals surface area (Å²) < 4.78 is 9.03. The molecular formula is C12H17IN2O. The molecule has 0 spiro atoms. The molecule has 88 valence electrons. The van der Waals surface area contributed by atoms with Crippen molar-refractivity contribution in [2.75, 3.05) is 0 Å². The monoisotopic (exact) mass is 332 g/mol. The number of pyridine rings is 1. The molecule has 1 aromatic heterocycles. The Morgan fingerprint density at radius 1 is 1.56 bits per heavy atom. The largest absolute Gasteiger partial charge is 0.474 e. The van der Waals surface area contributed by atoms with Gasteiger partial charge in [-0.05, 0) is 18.1 Å². The van der Waals surface area contributed by atoms with Crippen LogP contribution in [0.3, 0.4) is 0 Å². The van der Waals surface area contributed by atoms with Gasteiger partial charge in [-0.3, -0.25) is 3.53 Å². The van der Waals surface area contributed by atoms with E-state index in [0.717, 1.165) is 31.6 Å². The van der Waals surface area contributed by atoms with Gasteiger partial charge in [-0.2, -0.15) is 0 Å². The Kier molecular flexibility index (Phi) is 4.40. The minimum absolute atomic E-state index is 0.344. The van der Waals surface area contributed by atoms with Gasteiger partial charge in [0.2, 0.25) is 5.88 Å². The third-order valence-corrected chi connectivity index (χ3v) is 3.76. The molecule has 0 amide bonds. The molecule has 2 rings (SSSR count). The first-order valence-electron chi connectivity index (χ1n) is 5.79. The second-order valence-corrected chi connectivity index (χ2v) is 4.89. The summed E-state index contributed by atoms with van der Waals surface area (Å²) in [4.78, 5) is 4.25. The molecule has 1 aromatic rings. The zero-order chi connectivity index (χ0) is 11.4. The maximum Gasteiger partial charge on any atom is 0.213 e. The van der Waals surface area contributed by atoms with Crippen molar-refractivity contribution in [3.63, 3.8) is 0 Å². The van der Waals surface area contributed by atoms with Crippen LogP contribution in [-0.4, -0.2) is 17.1 Å². The molecule has 1 aliphatic carbocycles. The summed E-state index contributed by atoms with van der Waals surface area (Å²) in [6.07, 6.45) is 6.62. The lowest BCUT2D eigenvalue weighted by atomic mass is 9.90. The van der Waals surface area contributed by atoms with Crippen LogP contribution >= 0.6 is 22.9 Å². The number of hydrogen-bond acceptors (Lipinski definition) is 3. The summed E-state index contributed by atoms with van der Waals surface area (Å²) in [5.41, 5.74) is 1.32. The number of hydrogen-bond donors (Lipinski definition) is 1. The standard InChI is InChI=1S/C12H17IN2O/c1-2-3-9-4-5-14-12(6-9)16-11-7-10(8-11)15-13/h4-6,10-11,15H,2-3,7-8H2,1H3/t10-,11-. The van der Waals surface area contributed by atoms with Gasteiger partial charge in [0.1, 0.15) is 6.10 Å². The molecule has 0 saturated heterocycles. The van der Waals surface area contributed by atoms with E-state index in [1.165, 1.54) is 5.56 Å². The Bertz CT molecular complexity index is 340. The summed E-state index contributed by atoms with van der Waals surface area (Å²) in [6, 6.07) is 4.74. The van der Waals surface area contributed by atoms with Crippen LogP contribution in [0.1, 0.15) is 31.7 Å². The van der Waals surface area contributed by atoms with Gasteiger partial charge in [0.15, 0.2) is 0 Å². The fourth-order valence-electron chi connectivity index (χ4n) is 1.88. The first kappa shape index (κ1) is 12.1. The van der Waals surface area contributed by atoms with E-state index in [4.69, 9.17) is 4.74 Å². The fourth-order valence-corrected chi connectivity index (χ4v) is 2.39. The van der Waals surface area contributed by atoms with E-state index in [1.54, 1.807) is 0 Å². The minimum atomic E-state index is 0.344. The van der Waals surface area contributed by atoms with E-state index in [2.05, 4.69) is 50.4 Å². The van der Waals surface area contributed by atoms with Crippen LogP contribution in [0.25, 0.3) is 0 Å². The number of rotatable bonds is 5. The fraction of sp³-hybridized carbons (Fsp3) is 0.583. The lowest BCUT2D eigenvalue weighted by Gasteiger charge is -2.33. The average Bonchev–Trinajstić information content (AvgIpc) is 2.24. The first-order valence-corrected chi connectivity index (χ1v) is 6.87. The van der Waals surface area contributed by atoms with E-state index >= 15 is 0 Å². The van der Waals surface area contributed by atoms with Crippen LogP contribution in [-0.2, 0) is 6.42 Å². The van der Waals surface area contributed by atoms with Crippen molar-refractivity contribution in [3.05, 3.63) is 23.9 Å². The Morgan fingerprint density at radius 3 is 3.06 bits per heavy atom. The van der Waals surface area contributed by atoms with Crippen molar-refractivity contribution in [1.29, 1.82) is 0 Å². The van der Waals surface area contributed by atoms with Crippen molar-refractivity contribution in [3.8, 4) is 5.88 Å². The normalized spacial score (nSPS) is 23.9. The Morgan fingerprint density at radius 2 is 2.38 bits per heavy atom. The molecule has 1 heterocycles. The Balaban J connectivity index is 1.87. The molecule has 0 bridgehead atoms. The maximum absolute atomic E-state index is 5.81. The van der Waals surface area contributed by atoms with Crippen molar-refractivity contribution in [2.24, 2.45) is 0 Å². The summed E-state index contributed by atoms with van der Waals surface area (Å²) >= 11 is 2.20. The third kappa shape index (κ3) is 3.07. The van der Waals surface area contributed by atoms with Gasteiger partial charge in [-0.1, -0.05) is 13.3 Å². The lowest BCUT2D eigenvalue weighted by Crippen LogP contribution is -2.43. The van der Waals surface area contributed by atoms with E-state index < -0.39 is 0 Å². The predicted octanol–water partition coefficient (Wildman–Crippen LogP) is 2.88. The van der Waals surface area contributed by atoms with Gasteiger partial charge in [0.05, 0.1) is 0 Å². The molecule has 4 heteroatoms. The molecule has 1 fully saturated rings. The van der Waals surface area contributed by atoms with Gasteiger partial charge in [0.25, 0.3) is 0 Å². The Labute approximate surface area is 110 Å². The highest BCUT2D eigenvalue weighted by molar-refractivity contribution is 14.1. The summed E-state index contributed by atoms with van der Waals surface area (Å²) in [5.74, 6) is 0.780. The lowest BCUT2D eigenvalue weighted by molar-refractivity contribution is 0.0924. The number of nitrogens with one attached hydrogen (secondary N) is 1.